The predicted octanol–water partition coefficient (Wildman–Crippen LogP) is 5.00. The summed E-state index contributed by atoms with van der Waals surface area (Å²) >= 11 is 0. The molecule has 1 aromatic heterocycles. The summed E-state index contributed by atoms with van der Waals surface area (Å²) in [6.45, 7) is 1.23. The summed E-state index contributed by atoms with van der Waals surface area (Å²) in [7, 11) is 1.36. The van der Waals surface area contributed by atoms with Crippen LogP contribution in [0.15, 0.2) is 48.5 Å². The molecule has 0 amide bonds. The van der Waals surface area contributed by atoms with Crippen molar-refractivity contribution in [1.82, 2.24) is 4.57 Å². The number of benzene rings is 2. The lowest BCUT2D eigenvalue weighted by Gasteiger charge is -2.12. The minimum Gasteiger partial charge on any atom is -0.495 e. The van der Waals surface area contributed by atoms with Crippen LogP contribution < -0.4 is 4.74 Å². The number of aromatic nitrogens is 1. The SMILES string of the molecule is COc1cccc2c(C(F)(F)F)c(-c3ccccc3)n(C(C)=O)c12. The zero-order chi connectivity index (χ0) is 17.5. The van der Waals surface area contributed by atoms with Crippen molar-refractivity contribution in [2.45, 2.75) is 13.1 Å². The summed E-state index contributed by atoms with van der Waals surface area (Å²) < 4.78 is 47.7. The van der Waals surface area contributed by atoms with Crippen LogP contribution in [0.25, 0.3) is 22.2 Å². The predicted molar refractivity (Wildman–Crippen MR) is 85.2 cm³/mol. The number of carbonyl (C=O) groups excluding carboxylic acids is 1. The van der Waals surface area contributed by atoms with Gasteiger partial charge < -0.3 is 4.74 Å². The molecule has 0 atom stereocenters. The third kappa shape index (κ3) is 2.44. The van der Waals surface area contributed by atoms with Gasteiger partial charge in [-0.1, -0.05) is 42.5 Å². The summed E-state index contributed by atoms with van der Waals surface area (Å²) in [4.78, 5) is 12.2. The molecule has 0 saturated carbocycles. The molecule has 124 valence electrons. The maximum atomic E-state index is 13.8. The lowest BCUT2D eigenvalue weighted by molar-refractivity contribution is -0.135. The van der Waals surface area contributed by atoms with E-state index < -0.39 is 17.6 Å². The molecular weight excluding hydrogens is 319 g/mol. The molecule has 0 bridgehead atoms. The van der Waals surface area contributed by atoms with Gasteiger partial charge in [-0.15, -0.1) is 0 Å². The molecule has 0 radical (unpaired) electrons. The molecule has 0 saturated heterocycles. The molecule has 0 spiro atoms. The first-order valence-corrected chi connectivity index (χ1v) is 7.21. The standard InChI is InChI=1S/C18H14F3NO2/c1-11(23)22-16(12-7-4-3-5-8-12)15(18(19,20)21)13-9-6-10-14(24-2)17(13)22/h3-10H,1-2H3. The van der Waals surface area contributed by atoms with E-state index >= 15 is 0 Å². The minimum absolute atomic E-state index is 0.0593. The Morgan fingerprint density at radius 3 is 2.25 bits per heavy atom. The van der Waals surface area contributed by atoms with E-state index in [0.717, 1.165) is 4.57 Å². The van der Waals surface area contributed by atoms with Gasteiger partial charge in [0.05, 0.1) is 23.9 Å². The Hall–Kier alpha value is -2.76. The molecule has 6 heteroatoms. The monoisotopic (exact) mass is 333 g/mol. The molecule has 3 nitrogen and oxygen atoms in total. The Bertz CT molecular complexity index is 911. The number of nitrogens with zero attached hydrogens (tertiary/aromatic N) is 1. The average Bonchev–Trinajstić information content (AvgIpc) is 2.91. The van der Waals surface area contributed by atoms with E-state index in [1.54, 1.807) is 30.3 Å². The molecule has 0 N–H and O–H groups in total. The second-order valence-electron chi connectivity index (χ2n) is 5.30. The van der Waals surface area contributed by atoms with Crippen LogP contribution in [0.3, 0.4) is 0 Å². The van der Waals surface area contributed by atoms with Crippen molar-refractivity contribution in [2.75, 3.05) is 7.11 Å². The Morgan fingerprint density at radius 2 is 1.71 bits per heavy atom. The Morgan fingerprint density at radius 1 is 1.04 bits per heavy atom. The fourth-order valence-electron chi connectivity index (χ4n) is 2.94. The third-order valence-electron chi connectivity index (χ3n) is 3.82. The first-order chi connectivity index (χ1) is 11.4. The van der Waals surface area contributed by atoms with Gasteiger partial charge in [0.15, 0.2) is 0 Å². The van der Waals surface area contributed by atoms with E-state index in [2.05, 4.69) is 0 Å². The molecule has 3 rings (SSSR count). The highest BCUT2D eigenvalue weighted by atomic mass is 19.4. The highest BCUT2D eigenvalue weighted by molar-refractivity contribution is 6.03. The fraction of sp³-hybridized carbons (Fsp3) is 0.167. The van der Waals surface area contributed by atoms with Gasteiger partial charge in [0.25, 0.3) is 0 Å². The molecule has 0 fully saturated rings. The molecule has 2 aromatic carbocycles. The molecule has 0 aliphatic heterocycles. The van der Waals surface area contributed by atoms with Crippen molar-refractivity contribution in [3.05, 3.63) is 54.1 Å². The van der Waals surface area contributed by atoms with Gasteiger partial charge in [0.1, 0.15) is 5.75 Å². The number of alkyl halides is 3. The van der Waals surface area contributed by atoms with Crippen LogP contribution in [-0.4, -0.2) is 17.6 Å². The van der Waals surface area contributed by atoms with Crippen molar-refractivity contribution < 1.29 is 22.7 Å². The topological polar surface area (TPSA) is 31.2 Å². The molecule has 0 aliphatic rings. The zero-order valence-electron chi connectivity index (χ0n) is 13.0. The Labute approximate surface area is 136 Å². The first-order valence-electron chi connectivity index (χ1n) is 7.21. The quantitative estimate of drug-likeness (QED) is 0.661. The summed E-state index contributed by atoms with van der Waals surface area (Å²) in [5.41, 5.74) is -0.565. The van der Waals surface area contributed by atoms with Crippen LogP contribution in [-0.2, 0) is 6.18 Å². The number of para-hydroxylation sites is 1. The third-order valence-corrected chi connectivity index (χ3v) is 3.82. The summed E-state index contributed by atoms with van der Waals surface area (Å²) in [6.07, 6.45) is -4.61. The number of fused-ring (bicyclic) bond motifs is 1. The number of halogens is 3. The van der Waals surface area contributed by atoms with Crippen molar-refractivity contribution in [2.24, 2.45) is 0 Å². The van der Waals surface area contributed by atoms with E-state index in [-0.39, 0.29) is 22.3 Å². The number of ether oxygens (including phenoxy) is 1. The van der Waals surface area contributed by atoms with E-state index in [4.69, 9.17) is 4.74 Å². The van der Waals surface area contributed by atoms with Crippen molar-refractivity contribution in [1.29, 1.82) is 0 Å². The first kappa shape index (κ1) is 16.1. The Balaban J connectivity index is 2.57. The van der Waals surface area contributed by atoms with Gasteiger partial charge in [-0.05, 0) is 11.6 Å². The number of carbonyl (C=O) groups is 1. The summed E-state index contributed by atoms with van der Waals surface area (Å²) in [6, 6.07) is 12.4. The zero-order valence-corrected chi connectivity index (χ0v) is 13.0. The van der Waals surface area contributed by atoms with Gasteiger partial charge in [0.2, 0.25) is 5.91 Å². The number of methoxy groups -OCH3 is 1. The average molecular weight is 333 g/mol. The van der Waals surface area contributed by atoms with Crippen molar-refractivity contribution in [3.8, 4) is 17.0 Å². The molecule has 0 aliphatic carbocycles. The van der Waals surface area contributed by atoms with E-state index in [1.165, 1.54) is 32.2 Å². The van der Waals surface area contributed by atoms with Gasteiger partial charge in [-0.25, -0.2) is 0 Å². The van der Waals surface area contributed by atoms with Gasteiger partial charge in [-0.2, -0.15) is 13.2 Å². The number of hydrogen-bond donors (Lipinski definition) is 0. The molecule has 0 unspecified atom stereocenters. The van der Waals surface area contributed by atoms with Crippen LogP contribution in [0.1, 0.15) is 17.3 Å². The maximum Gasteiger partial charge on any atom is 0.419 e. The van der Waals surface area contributed by atoms with Gasteiger partial charge >= 0.3 is 6.18 Å². The van der Waals surface area contributed by atoms with Crippen LogP contribution in [0, 0.1) is 0 Å². The normalized spacial score (nSPS) is 11.7. The Kier molecular flexibility index (Phi) is 3.83. The smallest absolute Gasteiger partial charge is 0.419 e. The van der Waals surface area contributed by atoms with Crippen LogP contribution in [0.2, 0.25) is 0 Å². The van der Waals surface area contributed by atoms with Crippen LogP contribution in [0.4, 0.5) is 13.2 Å². The van der Waals surface area contributed by atoms with Gasteiger partial charge in [-0.3, -0.25) is 9.36 Å². The lowest BCUT2D eigenvalue weighted by Crippen LogP contribution is -2.11. The molecular formula is C18H14F3NO2. The fourth-order valence-corrected chi connectivity index (χ4v) is 2.94. The molecule has 24 heavy (non-hydrogen) atoms. The van der Waals surface area contributed by atoms with Crippen LogP contribution >= 0.6 is 0 Å². The highest BCUT2D eigenvalue weighted by Gasteiger charge is 2.40. The number of hydrogen-bond acceptors (Lipinski definition) is 2. The van der Waals surface area contributed by atoms with E-state index in [1.807, 2.05) is 0 Å². The summed E-state index contributed by atoms with van der Waals surface area (Å²) in [5, 5.41) is -0.0593. The second-order valence-corrected chi connectivity index (χ2v) is 5.30. The lowest BCUT2D eigenvalue weighted by atomic mass is 10.0. The van der Waals surface area contributed by atoms with E-state index in [0.29, 0.717) is 5.56 Å². The molecule has 1 heterocycles. The second kappa shape index (κ2) is 5.70. The van der Waals surface area contributed by atoms with Crippen molar-refractivity contribution in [3.63, 3.8) is 0 Å². The van der Waals surface area contributed by atoms with Gasteiger partial charge in [0, 0.05) is 12.3 Å². The van der Waals surface area contributed by atoms with Crippen molar-refractivity contribution >= 4 is 16.8 Å². The number of rotatable bonds is 2. The van der Waals surface area contributed by atoms with Crippen LogP contribution in [0.5, 0.6) is 5.75 Å². The maximum absolute atomic E-state index is 13.8. The largest absolute Gasteiger partial charge is 0.495 e. The highest BCUT2D eigenvalue weighted by Crippen LogP contribution is 2.45. The van der Waals surface area contributed by atoms with E-state index in [9.17, 15) is 18.0 Å². The minimum atomic E-state index is -4.61. The summed E-state index contributed by atoms with van der Waals surface area (Å²) in [5.74, 6) is -0.297. The molecule has 3 aromatic rings.